The Morgan fingerprint density at radius 3 is 2.32 bits per heavy atom. The number of halogens is 2. The molecule has 0 spiro atoms. The summed E-state index contributed by atoms with van der Waals surface area (Å²) in [5, 5.41) is 4.71. The topological polar surface area (TPSA) is 37.4 Å². The second-order valence-electron chi connectivity index (χ2n) is 3.96. The zero-order valence-electron chi connectivity index (χ0n) is 10.0. The molecule has 0 bridgehead atoms. The average Bonchev–Trinajstić information content (AvgIpc) is 2.75. The second-order valence-corrected chi connectivity index (χ2v) is 7.59. The van der Waals surface area contributed by atoms with E-state index in [1.807, 2.05) is 5.38 Å². The summed E-state index contributed by atoms with van der Waals surface area (Å²) < 4.78 is 25.9. The van der Waals surface area contributed by atoms with Gasteiger partial charge in [-0.05, 0) is 35.2 Å². The summed E-state index contributed by atoms with van der Waals surface area (Å²) in [6.45, 7) is 0.243. The first-order valence-electron chi connectivity index (χ1n) is 5.34. The van der Waals surface area contributed by atoms with Crippen LogP contribution in [0.25, 0.3) is 0 Å². The van der Waals surface area contributed by atoms with Gasteiger partial charge in [-0.15, -0.1) is 0 Å². The highest BCUT2D eigenvalue weighted by Crippen LogP contribution is 2.24. The summed E-state index contributed by atoms with van der Waals surface area (Å²) in [6, 6.07) is 6.09. The van der Waals surface area contributed by atoms with Crippen LogP contribution < -0.4 is 0 Å². The van der Waals surface area contributed by atoms with Crippen LogP contribution in [0.4, 0.5) is 0 Å². The molecule has 102 valence electrons. The largest absolute Gasteiger partial charge is 0.243 e. The fourth-order valence-corrected chi connectivity index (χ4v) is 3.84. The van der Waals surface area contributed by atoms with E-state index in [-0.39, 0.29) is 11.4 Å². The van der Waals surface area contributed by atoms with E-state index in [1.54, 1.807) is 17.5 Å². The van der Waals surface area contributed by atoms with Crippen molar-refractivity contribution in [3.63, 3.8) is 0 Å². The van der Waals surface area contributed by atoms with Gasteiger partial charge in [-0.3, -0.25) is 0 Å². The molecule has 0 atom stereocenters. The van der Waals surface area contributed by atoms with Gasteiger partial charge in [-0.2, -0.15) is 15.6 Å². The van der Waals surface area contributed by atoms with Crippen molar-refractivity contribution < 1.29 is 8.42 Å². The van der Waals surface area contributed by atoms with Gasteiger partial charge in [-0.1, -0.05) is 23.2 Å². The maximum absolute atomic E-state index is 12.3. The zero-order chi connectivity index (χ0) is 14.0. The normalized spacial score (nSPS) is 12.0. The first-order valence-corrected chi connectivity index (χ1v) is 8.47. The highest BCUT2D eigenvalue weighted by Gasteiger charge is 2.21. The Hall–Kier alpha value is -0.590. The molecule has 0 saturated heterocycles. The molecule has 0 aliphatic heterocycles. The minimum absolute atomic E-state index is 0.214. The SMILES string of the molecule is CN(Cc1cscc1Cl)S(=O)(=O)c1ccc(Cl)cc1. The van der Waals surface area contributed by atoms with Crippen molar-refractivity contribution in [2.45, 2.75) is 11.4 Å². The summed E-state index contributed by atoms with van der Waals surface area (Å²) in [6.07, 6.45) is 0. The van der Waals surface area contributed by atoms with Gasteiger partial charge in [0.15, 0.2) is 0 Å². The number of nitrogens with zero attached hydrogens (tertiary/aromatic N) is 1. The average molecular weight is 336 g/mol. The van der Waals surface area contributed by atoms with Crippen molar-refractivity contribution >= 4 is 44.6 Å². The monoisotopic (exact) mass is 335 g/mol. The lowest BCUT2D eigenvalue weighted by Gasteiger charge is -2.16. The Kier molecular flexibility index (Phi) is 4.53. The third-order valence-electron chi connectivity index (χ3n) is 2.60. The molecule has 0 fully saturated rings. The van der Waals surface area contributed by atoms with E-state index in [0.717, 1.165) is 5.56 Å². The lowest BCUT2D eigenvalue weighted by Crippen LogP contribution is -2.26. The molecule has 0 aliphatic carbocycles. The number of benzene rings is 1. The number of thiophene rings is 1. The highest BCUT2D eigenvalue weighted by atomic mass is 35.5. The predicted molar refractivity (Wildman–Crippen MR) is 79.4 cm³/mol. The zero-order valence-corrected chi connectivity index (χ0v) is 13.2. The molecule has 2 aromatic rings. The number of hydrogen-bond donors (Lipinski definition) is 0. The Bertz CT molecular complexity index is 665. The molecule has 1 aromatic carbocycles. The van der Waals surface area contributed by atoms with Gasteiger partial charge >= 0.3 is 0 Å². The molecule has 7 heteroatoms. The lowest BCUT2D eigenvalue weighted by atomic mass is 10.3. The van der Waals surface area contributed by atoms with Crippen molar-refractivity contribution in [2.75, 3.05) is 7.05 Å². The van der Waals surface area contributed by atoms with Gasteiger partial charge < -0.3 is 0 Å². The summed E-state index contributed by atoms with van der Waals surface area (Å²) in [7, 11) is -2.00. The standard InChI is InChI=1S/C12H11Cl2NO2S2/c1-15(6-9-7-18-8-12(9)14)19(16,17)11-4-2-10(13)3-5-11/h2-5,7-8H,6H2,1H3. The van der Waals surface area contributed by atoms with Crippen molar-refractivity contribution in [1.29, 1.82) is 0 Å². The molecule has 1 aromatic heterocycles. The Labute approximate surface area is 126 Å². The van der Waals surface area contributed by atoms with Crippen LogP contribution in [0.2, 0.25) is 10.0 Å². The summed E-state index contributed by atoms with van der Waals surface area (Å²) >= 11 is 13.2. The van der Waals surface area contributed by atoms with Crippen LogP contribution in [0.1, 0.15) is 5.56 Å². The van der Waals surface area contributed by atoms with E-state index in [0.29, 0.717) is 10.0 Å². The summed E-state index contributed by atoms with van der Waals surface area (Å²) in [5.74, 6) is 0. The Balaban J connectivity index is 2.24. The van der Waals surface area contributed by atoms with Crippen LogP contribution >= 0.6 is 34.5 Å². The van der Waals surface area contributed by atoms with Gasteiger partial charge in [0.25, 0.3) is 0 Å². The van der Waals surface area contributed by atoms with E-state index in [2.05, 4.69) is 0 Å². The second kappa shape index (κ2) is 5.81. The van der Waals surface area contributed by atoms with Gasteiger partial charge in [0.05, 0.1) is 9.92 Å². The van der Waals surface area contributed by atoms with Gasteiger partial charge in [-0.25, -0.2) is 8.42 Å². The van der Waals surface area contributed by atoms with E-state index in [1.165, 1.54) is 34.8 Å². The first kappa shape index (κ1) is 14.8. The molecule has 2 rings (SSSR count). The fraction of sp³-hybridized carbons (Fsp3) is 0.167. The van der Waals surface area contributed by atoms with Gasteiger partial charge in [0.2, 0.25) is 10.0 Å². The van der Waals surface area contributed by atoms with Crippen LogP contribution in [0.3, 0.4) is 0 Å². The predicted octanol–water partition coefficient (Wildman–Crippen LogP) is 3.88. The minimum atomic E-state index is -3.53. The van der Waals surface area contributed by atoms with E-state index < -0.39 is 10.0 Å². The fourth-order valence-electron chi connectivity index (χ4n) is 1.53. The molecule has 0 unspecified atom stereocenters. The smallest absolute Gasteiger partial charge is 0.207 e. The van der Waals surface area contributed by atoms with E-state index >= 15 is 0 Å². The summed E-state index contributed by atoms with van der Waals surface area (Å²) in [5.41, 5.74) is 0.798. The van der Waals surface area contributed by atoms with Crippen molar-refractivity contribution in [3.05, 3.63) is 50.6 Å². The molecule has 19 heavy (non-hydrogen) atoms. The number of sulfonamides is 1. The van der Waals surface area contributed by atoms with Crippen LogP contribution in [0.5, 0.6) is 0 Å². The highest BCUT2D eigenvalue weighted by molar-refractivity contribution is 7.89. The van der Waals surface area contributed by atoms with Crippen molar-refractivity contribution in [2.24, 2.45) is 0 Å². The quantitative estimate of drug-likeness (QED) is 0.850. The number of rotatable bonds is 4. The molecule has 0 N–H and O–H groups in total. The van der Waals surface area contributed by atoms with Crippen LogP contribution in [-0.2, 0) is 16.6 Å². The van der Waals surface area contributed by atoms with Crippen LogP contribution in [-0.4, -0.2) is 19.8 Å². The van der Waals surface area contributed by atoms with Crippen LogP contribution in [0, 0.1) is 0 Å². The van der Waals surface area contributed by atoms with Gasteiger partial charge in [0, 0.05) is 24.0 Å². The Morgan fingerprint density at radius 2 is 1.79 bits per heavy atom. The third-order valence-corrected chi connectivity index (χ3v) is 5.95. The molecular weight excluding hydrogens is 325 g/mol. The minimum Gasteiger partial charge on any atom is -0.207 e. The van der Waals surface area contributed by atoms with E-state index in [4.69, 9.17) is 23.2 Å². The van der Waals surface area contributed by atoms with E-state index in [9.17, 15) is 8.42 Å². The summed E-state index contributed by atoms with van der Waals surface area (Å²) in [4.78, 5) is 0.214. The van der Waals surface area contributed by atoms with Gasteiger partial charge in [0.1, 0.15) is 0 Å². The number of hydrogen-bond acceptors (Lipinski definition) is 3. The lowest BCUT2D eigenvalue weighted by molar-refractivity contribution is 0.467. The maximum atomic E-state index is 12.3. The molecule has 0 radical (unpaired) electrons. The first-order chi connectivity index (χ1) is 8.91. The molecule has 0 aliphatic rings. The maximum Gasteiger partial charge on any atom is 0.243 e. The third kappa shape index (κ3) is 3.30. The molecule has 0 saturated carbocycles. The van der Waals surface area contributed by atoms with Crippen molar-refractivity contribution in [3.8, 4) is 0 Å². The molecule has 3 nitrogen and oxygen atoms in total. The molecule has 1 heterocycles. The van der Waals surface area contributed by atoms with Crippen molar-refractivity contribution in [1.82, 2.24) is 4.31 Å². The van der Waals surface area contributed by atoms with Crippen LogP contribution in [0.15, 0.2) is 39.9 Å². The Morgan fingerprint density at radius 1 is 1.16 bits per heavy atom. The molecule has 0 amide bonds. The molecular formula is C12H11Cl2NO2S2.